The van der Waals surface area contributed by atoms with Crippen LogP contribution in [0.5, 0.6) is 5.75 Å². The minimum absolute atomic E-state index is 0.384. The molecule has 0 fully saturated rings. The molecule has 0 radical (unpaired) electrons. The summed E-state index contributed by atoms with van der Waals surface area (Å²) >= 11 is 2.23. The van der Waals surface area contributed by atoms with E-state index in [1.807, 2.05) is 31.2 Å². The van der Waals surface area contributed by atoms with Gasteiger partial charge in [0.1, 0.15) is 23.7 Å². The minimum atomic E-state index is 0.384. The van der Waals surface area contributed by atoms with Crippen LogP contribution in [0.2, 0.25) is 0 Å². The summed E-state index contributed by atoms with van der Waals surface area (Å²) in [5.74, 6) is 0.848. The third kappa shape index (κ3) is 2.47. The maximum atomic E-state index is 5.59. The van der Waals surface area contributed by atoms with Crippen LogP contribution >= 0.6 is 22.6 Å². The van der Waals surface area contributed by atoms with Crippen molar-refractivity contribution in [2.75, 3.05) is 0 Å². The normalized spacial score (nSPS) is 10.3. The average Bonchev–Trinajstić information content (AvgIpc) is 2.63. The number of hydrogen-bond donors (Lipinski definition) is 0. The lowest BCUT2D eigenvalue weighted by Gasteiger charge is -2.05. The second-order valence-corrected chi connectivity index (χ2v) is 4.18. The van der Waals surface area contributed by atoms with Crippen LogP contribution in [0.4, 0.5) is 0 Å². The van der Waals surface area contributed by atoms with E-state index in [1.165, 1.54) is 0 Å². The molecule has 0 unspecified atom stereocenters. The molecule has 1 aromatic heterocycles. The Balaban J connectivity index is 2.06. The third-order valence-electron chi connectivity index (χ3n) is 1.95. The summed E-state index contributed by atoms with van der Waals surface area (Å²) in [4.78, 5) is 0. The van der Waals surface area contributed by atoms with E-state index < -0.39 is 0 Å². The van der Waals surface area contributed by atoms with Crippen LogP contribution in [0, 0.1) is 10.5 Å². The van der Waals surface area contributed by atoms with E-state index in [1.54, 1.807) is 0 Å². The van der Waals surface area contributed by atoms with Crippen molar-refractivity contribution in [2.45, 2.75) is 13.5 Å². The van der Waals surface area contributed by atoms with Crippen LogP contribution in [0.1, 0.15) is 11.4 Å². The van der Waals surface area contributed by atoms with Crippen LogP contribution in [-0.4, -0.2) is 10.3 Å². The Labute approximate surface area is 101 Å². The highest BCUT2D eigenvalue weighted by Crippen LogP contribution is 2.20. The zero-order valence-corrected chi connectivity index (χ0v) is 10.3. The fourth-order valence-corrected chi connectivity index (χ4v) is 1.63. The first-order valence-corrected chi connectivity index (χ1v) is 5.50. The van der Waals surface area contributed by atoms with Gasteiger partial charge < -0.3 is 4.74 Å². The van der Waals surface area contributed by atoms with Gasteiger partial charge in [0.25, 0.3) is 0 Å². The Morgan fingerprint density at radius 2 is 2.13 bits per heavy atom. The standard InChI is InChI=1S/C10H9IN2O2/c1-7-9(13-15-12-7)6-14-10-5-3-2-4-8(10)11/h2-5H,6H2,1H3. The number of aromatic nitrogens is 2. The summed E-state index contributed by atoms with van der Waals surface area (Å²) in [6, 6.07) is 7.82. The number of ether oxygens (including phenoxy) is 1. The van der Waals surface area contributed by atoms with Gasteiger partial charge in [-0.1, -0.05) is 22.4 Å². The molecular formula is C10H9IN2O2. The highest BCUT2D eigenvalue weighted by molar-refractivity contribution is 14.1. The van der Waals surface area contributed by atoms with E-state index in [0.29, 0.717) is 6.61 Å². The molecule has 15 heavy (non-hydrogen) atoms. The first-order chi connectivity index (χ1) is 7.27. The molecule has 0 aliphatic rings. The molecule has 0 saturated heterocycles. The fourth-order valence-electron chi connectivity index (χ4n) is 1.09. The maximum Gasteiger partial charge on any atom is 0.145 e. The zero-order chi connectivity index (χ0) is 10.7. The van der Waals surface area contributed by atoms with E-state index in [0.717, 1.165) is 20.7 Å². The first kappa shape index (κ1) is 10.4. The summed E-state index contributed by atoms with van der Waals surface area (Å²) in [5, 5.41) is 7.43. The summed E-state index contributed by atoms with van der Waals surface area (Å²) in [5.41, 5.74) is 1.50. The monoisotopic (exact) mass is 316 g/mol. The van der Waals surface area contributed by atoms with Crippen LogP contribution in [0.15, 0.2) is 28.9 Å². The molecular weight excluding hydrogens is 307 g/mol. The molecule has 2 aromatic rings. The second kappa shape index (κ2) is 4.61. The molecule has 2 rings (SSSR count). The van der Waals surface area contributed by atoms with Crippen molar-refractivity contribution < 1.29 is 9.37 Å². The van der Waals surface area contributed by atoms with Crippen LogP contribution in [0.25, 0.3) is 0 Å². The van der Waals surface area contributed by atoms with Gasteiger partial charge >= 0.3 is 0 Å². The van der Waals surface area contributed by atoms with Crippen molar-refractivity contribution in [1.82, 2.24) is 10.3 Å². The second-order valence-electron chi connectivity index (χ2n) is 3.02. The van der Waals surface area contributed by atoms with Crippen molar-refractivity contribution in [3.05, 3.63) is 39.2 Å². The summed E-state index contributed by atoms with van der Waals surface area (Å²) in [6.45, 7) is 2.22. The van der Waals surface area contributed by atoms with Crippen LogP contribution in [-0.2, 0) is 6.61 Å². The first-order valence-electron chi connectivity index (χ1n) is 4.43. The van der Waals surface area contributed by atoms with E-state index in [-0.39, 0.29) is 0 Å². The molecule has 0 atom stereocenters. The Morgan fingerprint density at radius 1 is 1.33 bits per heavy atom. The maximum absolute atomic E-state index is 5.59. The number of halogens is 1. The number of rotatable bonds is 3. The molecule has 1 heterocycles. The molecule has 0 amide bonds. The molecule has 0 aliphatic heterocycles. The highest BCUT2D eigenvalue weighted by Gasteiger charge is 2.06. The van der Waals surface area contributed by atoms with Crippen molar-refractivity contribution >= 4 is 22.6 Å². The number of hydrogen-bond acceptors (Lipinski definition) is 4. The van der Waals surface area contributed by atoms with Crippen molar-refractivity contribution in [2.24, 2.45) is 0 Å². The van der Waals surface area contributed by atoms with Crippen LogP contribution in [0.3, 0.4) is 0 Å². The Morgan fingerprint density at radius 3 is 2.80 bits per heavy atom. The van der Waals surface area contributed by atoms with Gasteiger partial charge in [-0.3, -0.25) is 0 Å². The van der Waals surface area contributed by atoms with Gasteiger partial charge in [-0.2, -0.15) is 0 Å². The Kier molecular flexibility index (Phi) is 3.20. The van der Waals surface area contributed by atoms with Crippen molar-refractivity contribution in [1.29, 1.82) is 0 Å². The lowest BCUT2D eigenvalue weighted by atomic mass is 10.3. The van der Waals surface area contributed by atoms with E-state index in [4.69, 9.17) is 4.74 Å². The predicted octanol–water partition coefficient (Wildman–Crippen LogP) is 2.56. The molecule has 0 N–H and O–H groups in total. The SMILES string of the molecule is Cc1nonc1COc1ccccc1I. The largest absolute Gasteiger partial charge is 0.486 e. The molecule has 0 bridgehead atoms. The van der Waals surface area contributed by atoms with Gasteiger partial charge in [0.2, 0.25) is 0 Å². The van der Waals surface area contributed by atoms with Gasteiger partial charge in [0, 0.05) is 0 Å². The van der Waals surface area contributed by atoms with E-state index in [2.05, 4.69) is 37.5 Å². The minimum Gasteiger partial charge on any atom is -0.486 e. The Hall–Kier alpha value is -1.11. The molecule has 0 spiro atoms. The van der Waals surface area contributed by atoms with Crippen molar-refractivity contribution in [3.63, 3.8) is 0 Å². The number of nitrogens with zero attached hydrogens (tertiary/aromatic N) is 2. The lowest BCUT2D eigenvalue weighted by molar-refractivity contribution is 0.269. The molecule has 4 nitrogen and oxygen atoms in total. The number of para-hydroxylation sites is 1. The topological polar surface area (TPSA) is 48.2 Å². The molecule has 0 saturated carbocycles. The fraction of sp³-hybridized carbons (Fsp3) is 0.200. The van der Waals surface area contributed by atoms with Crippen LogP contribution < -0.4 is 4.74 Å². The van der Waals surface area contributed by atoms with Gasteiger partial charge in [-0.15, -0.1) is 0 Å². The number of benzene rings is 1. The molecule has 5 heteroatoms. The average molecular weight is 316 g/mol. The molecule has 0 aliphatic carbocycles. The molecule has 1 aromatic carbocycles. The number of aryl methyl sites for hydroxylation is 1. The van der Waals surface area contributed by atoms with Gasteiger partial charge in [0.15, 0.2) is 0 Å². The predicted molar refractivity (Wildman–Crippen MR) is 62.5 cm³/mol. The van der Waals surface area contributed by atoms with E-state index >= 15 is 0 Å². The summed E-state index contributed by atoms with van der Waals surface area (Å²) in [7, 11) is 0. The summed E-state index contributed by atoms with van der Waals surface area (Å²) < 4.78 is 11.2. The summed E-state index contributed by atoms with van der Waals surface area (Å²) in [6.07, 6.45) is 0. The quantitative estimate of drug-likeness (QED) is 0.817. The van der Waals surface area contributed by atoms with Gasteiger partial charge in [-0.25, -0.2) is 4.63 Å². The van der Waals surface area contributed by atoms with Gasteiger partial charge in [-0.05, 0) is 41.6 Å². The van der Waals surface area contributed by atoms with Gasteiger partial charge in [0.05, 0.1) is 3.57 Å². The smallest absolute Gasteiger partial charge is 0.145 e. The zero-order valence-electron chi connectivity index (χ0n) is 8.11. The van der Waals surface area contributed by atoms with E-state index in [9.17, 15) is 0 Å². The lowest BCUT2D eigenvalue weighted by Crippen LogP contribution is -1.98. The Bertz CT molecular complexity index is 456. The third-order valence-corrected chi connectivity index (χ3v) is 2.84. The molecule has 78 valence electrons. The van der Waals surface area contributed by atoms with Crippen molar-refractivity contribution in [3.8, 4) is 5.75 Å². The highest BCUT2D eigenvalue weighted by atomic mass is 127.